The Morgan fingerprint density at radius 3 is 2.61 bits per heavy atom. The minimum absolute atomic E-state index is 0.148. The van der Waals surface area contributed by atoms with E-state index in [1.54, 1.807) is 0 Å². The Morgan fingerprint density at radius 1 is 1.39 bits per heavy atom. The number of benzene rings is 1. The smallest absolute Gasteiger partial charge is 0.252 e. The lowest BCUT2D eigenvalue weighted by Crippen LogP contribution is -2.47. The number of carbonyl (C=O) groups is 1. The van der Waals surface area contributed by atoms with Gasteiger partial charge in [-0.3, -0.25) is 4.79 Å². The maximum atomic E-state index is 13.0. The molecule has 0 heterocycles. The molecule has 0 unspecified atom stereocenters. The number of amides is 1. The number of halogens is 3. The number of hydrogen-bond donors (Lipinski definition) is 1. The zero-order valence-electron chi connectivity index (χ0n) is 9.81. The van der Waals surface area contributed by atoms with Crippen LogP contribution in [-0.4, -0.2) is 16.8 Å². The SMILES string of the molecule is O=C(NC1(CBr)CCCC1)c1ccc(F)cc1Br. The fraction of sp³-hybridized carbons (Fsp3) is 0.462. The molecule has 1 amide bonds. The minimum atomic E-state index is -0.352. The van der Waals surface area contributed by atoms with E-state index in [1.165, 1.54) is 18.2 Å². The van der Waals surface area contributed by atoms with Crippen molar-refractivity contribution in [3.05, 3.63) is 34.1 Å². The van der Waals surface area contributed by atoms with Crippen LogP contribution in [0, 0.1) is 5.82 Å². The summed E-state index contributed by atoms with van der Waals surface area (Å²) in [4.78, 5) is 12.2. The van der Waals surface area contributed by atoms with Gasteiger partial charge >= 0.3 is 0 Å². The molecule has 98 valence electrons. The van der Waals surface area contributed by atoms with Gasteiger partial charge in [-0.1, -0.05) is 28.8 Å². The second-order valence-corrected chi connectivity index (χ2v) is 6.11. The maximum absolute atomic E-state index is 13.0. The van der Waals surface area contributed by atoms with Crippen molar-refractivity contribution in [1.29, 1.82) is 0 Å². The van der Waals surface area contributed by atoms with E-state index in [2.05, 4.69) is 37.2 Å². The van der Waals surface area contributed by atoms with Crippen LogP contribution < -0.4 is 5.32 Å². The van der Waals surface area contributed by atoms with Gasteiger partial charge in [0.05, 0.1) is 11.1 Å². The zero-order chi connectivity index (χ0) is 13.2. The van der Waals surface area contributed by atoms with Crippen LogP contribution in [0.3, 0.4) is 0 Å². The van der Waals surface area contributed by atoms with E-state index >= 15 is 0 Å². The lowest BCUT2D eigenvalue weighted by Gasteiger charge is -2.28. The molecule has 0 atom stereocenters. The van der Waals surface area contributed by atoms with Crippen LogP contribution >= 0.6 is 31.9 Å². The lowest BCUT2D eigenvalue weighted by atomic mass is 10.00. The molecule has 1 aromatic carbocycles. The van der Waals surface area contributed by atoms with Crippen LogP contribution in [0.1, 0.15) is 36.0 Å². The van der Waals surface area contributed by atoms with Crippen molar-refractivity contribution < 1.29 is 9.18 Å². The van der Waals surface area contributed by atoms with Crippen LogP contribution in [0.5, 0.6) is 0 Å². The molecule has 1 aliphatic rings. The lowest BCUT2D eigenvalue weighted by molar-refractivity contribution is 0.0909. The molecule has 1 aromatic rings. The van der Waals surface area contributed by atoms with Crippen molar-refractivity contribution in [1.82, 2.24) is 5.32 Å². The molecule has 0 aromatic heterocycles. The zero-order valence-corrected chi connectivity index (χ0v) is 13.0. The standard InChI is InChI=1S/C13H14Br2FNO/c14-8-13(5-1-2-6-13)17-12(18)10-4-3-9(16)7-11(10)15/h3-4,7H,1-2,5-6,8H2,(H,17,18). The summed E-state index contributed by atoms with van der Waals surface area (Å²) in [6.45, 7) is 0. The van der Waals surface area contributed by atoms with E-state index < -0.39 is 0 Å². The predicted octanol–water partition coefficient (Wildman–Crippen LogP) is 4.03. The largest absolute Gasteiger partial charge is 0.346 e. The van der Waals surface area contributed by atoms with E-state index in [1.807, 2.05) is 0 Å². The van der Waals surface area contributed by atoms with E-state index in [9.17, 15) is 9.18 Å². The Kier molecular flexibility index (Phi) is 4.43. The molecule has 0 radical (unpaired) electrons. The Morgan fingerprint density at radius 2 is 2.06 bits per heavy atom. The van der Waals surface area contributed by atoms with Crippen molar-refractivity contribution in [2.75, 3.05) is 5.33 Å². The number of hydrogen-bond acceptors (Lipinski definition) is 1. The third-order valence-corrected chi connectivity index (χ3v) is 5.10. The molecule has 1 N–H and O–H groups in total. The molecule has 1 fully saturated rings. The van der Waals surface area contributed by atoms with Gasteiger partial charge in [0.1, 0.15) is 5.82 Å². The highest BCUT2D eigenvalue weighted by Gasteiger charge is 2.34. The molecule has 1 aliphatic carbocycles. The monoisotopic (exact) mass is 377 g/mol. The summed E-state index contributed by atoms with van der Waals surface area (Å²) in [6, 6.07) is 4.12. The highest BCUT2D eigenvalue weighted by Crippen LogP contribution is 2.32. The normalized spacial score (nSPS) is 17.7. The van der Waals surface area contributed by atoms with E-state index in [0.29, 0.717) is 10.0 Å². The molecule has 2 nitrogen and oxygen atoms in total. The van der Waals surface area contributed by atoms with E-state index in [-0.39, 0.29) is 17.3 Å². The van der Waals surface area contributed by atoms with Crippen LogP contribution in [0.4, 0.5) is 4.39 Å². The van der Waals surface area contributed by atoms with Gasteiger partial charge in [0, 0.05) is 9.80 Å². The fourth-order valence-corrected chi connectivity index (χ4v) is 3.56. The van der Waals surface area contributed by atoms with Gasteiger partial charge in [-0.05, 0) is 47.0 Å². The van der Waals surface area contributed by atoms with Crippen molar-refractivity contribution >= 4 is 37.8 Å². The maximum Gasteiger partial charge on any atom is 0.252 e. The molecular weight excluding hydrogens is 365 g/mol. The quantitative estimate of drug-likeness (QED) is 0.790. The Balaban J connectivity index is 2.16. The minimum Gasteiger partial charge on any atom is -0.346 e. The van der Waals surface area contributed by atoms with Crippen LogP contribution in [0.15, 0.2) is 22.7 Å². The summed E-state index contributed by atoms with van der Waals surface area (Å²) >= 11 is 6.70. The van der Waals surface area contributed by atoms with Gasteiger partial charge in [-0.15, -0.1) is 0 Å². The van der Waals surface area contributed by atoms with E-state index in [4.69, 9.17) is 0 Å². The highest BCUT2D eigenvalue weighted by atomic mass is 79.9. The van der Waals surface area contributed by atoms with Crippen LogP contribution in [0.2, 0.25) is 0 Å². The first-order valence-electron chi connectivity index (χ1n) is 5.90. The average Bonchev–Trinajstić information content (AvgIpc) is 2.78. The Bertz CT molecular complexity index is 458. The van der Waals surface area contributed by atoms with Crippen molar-refractivity contribution in [2.45, 2.75) is 31.2 Å². The van der Waals surface area contributed by atoms with Gasteiger partial charge in [0.25, 0.3) is 5.91 Å². The first kappa shape index (κ1) is 14.0. The molecule has 2 rings (SSSR count). The summed E-state index contributed by atoms with van der Waals surface area (Å²) in [7, 11) is 0. The second-order valence-electron chi connectivity index (χ2n) is 4.70. The topological polar surface area (TPSA) is 29.1 Å². The average molecular weight is 379 g/mol. The first-order chi connectivity index (χ1) is 8.56. The Labute approximate surface area is 123 Å². The van der Waals surface area contributed by atoms with Gasteiger partial charge in [-0.2, -0.15) is 0 Å². The predicted molar refractivity (Wildman–Crippen MR) is 76.6 cm³/mol. The van der Waals surface area contributed by atoms with Crippen molar-refractivity contribution in [2.24, 2.45) is 0 Å². The third kappa shape index (κ3) is 2.94. The summed E-state index contributed by atoms with van der Waals surface area (Å²) in [5, 5.41) is 3.83. The van der Waals surface area contributed by atoms with Gasteiger partial charge in [0.15, 0.2) is 0 Å². The summed E-state index contributed by atoms with van der Waals surface area (Å²) in [5.41, 5.74) is 0.328. The van der Waals surface area contributed by atoms with Crippen molar-refractivity contribution in [3.8, 4) is 0 Å². The number of carbonyl (C=O) groups excluding carboxylic acids is 1. The molecule has 18 heavy (non-hydrogen) atoms. The van der Waals surface area contributed by atoms with Gasteiger partial charge in [-0.25, -0.2) is 4.39 Å². The fourth-order valence-electron chi connectivity index (χ4n) is 2.33. The van der Waals surface area contributed by atoms with Gasteiger partial charge in [0.2, 0.25) is 0 Å². The summed E-state index contributed by atoms with van der Waals surface area (Å²) in [6.07, 6.45) is 4.25. The number of nitrogens with one attached hydrogen (secondary N) is 1. The van der Waals surface area contributed by atoms with E-state index in [0.717, 1.165) is 31.0 Å². The van der Waals surface area contributed by atoms with Crippen LogP contribution in [0.25, 0.3) is 0 Å². The number of alkyl halides is 1. The molecule has 0 bridgehead atoms. The molecule has 0 saturated heterocycles. The van der Waals surface area contributed by atoms with Gasteiger partial charge < -0.3 is 5.32 Å². The third-order valence-electron chi connectivity index (χ3n) is 3.37. The first-order valence-corrected chi connectivity index (χ1v) is 7.81. The Hall–Kier alpha value is -0.420. The highest BCUT2D eigenvalue weighted by molar-refractivity contribution is 9.10. The van der Waals surface area contributed by atoms with Crippen LogP contribution in [-0.2, 0) is 0 Å². The molecule has 1 saturated carbocycles. The molecule has 0 aliphatic heterocycles. The van der Waals surface area contributed by atoms with Crippen molar-refractivity contribution in [3.63, 3.8) is 0 Å². The summed E-state index contributed by atoms with van der Waals surface area (Å²) < 4.78 is 13.5. The summed E-state index contributed by atoms with van der Waals surface area (Å²) in [5.74, 6) is -0.502. The molecule has 5 heteroatoms. The number of rotatable bonds is 3. The molecule has 0 spiro atoms. The molecular formula is C13H14Br2FNO. The second kappa shape index (κ2) is 5.70.